The van der Waals surface area contributed by atoms with Gasteiger partial charge < -0.3 is 10.0 Å². The lowest BCUT2D eigenvalue weighted by Gasteiger charge is -2.33. The second kappa shape index (κ2) is 5.78. The van der Waals surface area contributed by atoms with Gasteiger partial charge in [-0.15, -0.1) is 0 Å². The minimum absolute atomic E-state index is 0.122. The highest BCUT2D eigenvalue weighted by Gasteiger charge is 2.30. The van der Waals surface area contributed by atoms with Crippen molar-refractivity contribution >= 4 is 29.5 Å². The standard InChI is InChI=1S/C15H16N2O4/c1-9-7-12(5-3-11(9)4-6-14(19)20)17-8-13(18)16-15(21)10(17)2/h3-7,10H,8H2,1-2H3,(H,19,20)(H,16,18,21). The van der Waals surface area contributed by atoms with Gasteiger partial charge >= 0.3 is 5.97 Å². The third kappa shape index (κ3) is 3.28. The lowest BCUT2D eigenvalue weighted by molar-refractivity contribution is -0.133. The minimum Gasteiger partial charge on any atom is -0.478 e. The molecule has 21 heavy (non-hydrogen) atoms. The molecule has 2 rings (SSSR count). The first-order valence-corrected chi connectivity index (χ1v) is 6.50. The molecule has 1 atom stereocenters. The number of carboxylic acid groups (broad SMARTS) is 1. The molecule has 1 aliphatic rings. The lowest BCUT2D eigenvalue weighted by atomic mass is 10.1. The van der Waals surface area contributed by atoms with E-state index in [1.165, 1.54) is 6.08 Å². The molecular formula is C15H16N2O4. The fourth-order valence-electron chi connectivity index (χ4n) is 2.22. The topological polar surface area (TPSA) is 86.7 Å². The van der Waals surface area contributed by atoms with E-state index in [1.807, 2.05) is 13.0 Å². The summed E-state index contributed by atoms with van der Waals surface area (Å²) in [6.07, 6.45) is 2.58. The molecule has 110 valence electrons. The fourth-order valence-corrected chi connectivity index (χ4v) is 2.22. The number of hydrogen-bond acceptors (Lipinski definition) is 4. The molecule has 6 nitrogen and oxygen atoms in total. The number of amides is 2. The molecule has 0 radical (unpaired) electrons. The molecule has 1 heterocycles. The maximum Gasteiger partial charge on any atom is 0.328 e. The van der Waals surface area contributed by atoms with Gasteiger partial charge in [0.1, 0.15) is 6.04 Å². The van der Waals surface area contributed by atoms with Gasteiger partial charge in [0.05, 0.1) is 6.54 Å². The maximum absolute atomic E-state index is 11.7. The van der Waals surface area contributed by atoms with Crippen LogP contribution in [-0.2, 0) is 14.4 Å². The van der Waals surface area contributed by atoms with Crippen LogP contribution < -0.4 is 10.2 Å². The van der Waals surface area contributed by atoms with Crippen LogP contribution in [0.1, 0.15) is 18.1 Å². The molecule has 0 aromatic heterocycles. The van der Waals surface area contributed by atoms with Crippen LogP contribution in [0.15, 0.2) is 24.3 Å². The predicted octanol–water partition coefficient (Wildman–Crippen LogP) is 0.944. The average Bonchev–Trinajstić information content (AvgIpc) is 2.41. The smallest absolute Gasteiger partial charge is 0.328 e. The first-order valence-electron chi connectivity index (χ1n) is 6.50. The van der Waals surface area contributed by atoms with Crippen molar-refractivity contribution in [2.45, 2.75) is 19.9 Å². The van der Waals surface area contributed by atoms with Crippen molar-refractivity contribution < 1.29 is 19.5 Å². The molecular weight excluding hydrogens is 272 g/mol. The fraction of sp³-hybridized carbons (Fsp3) is 0.267. The number of piperazine rings is 1. The van der Waals surface area contributed by atoms with Crippen LogP contribution in [0.3, 0.4) is 0 Å². The Bertz CT molecular complexity index is 637. The maximum atomic E-state index is 11.7. The molecule has 1 saturated heterocycles. The summed E-state index contributed by atoms with van der Waals surface area (Å²) in [6, 6.07) is 4.96. The van der Waals surface area contributed by atoms with Gasteiger partial charge in [0.2, 0.25) is 11.8 Å². The zero-order valence-electron chi connectivity index (χ0n) is 11.8. The van der Waals surface area contributed by atoms with Gasteiger partial charge in [-0.05, 0) is 43.2 Å². The van der Waals surface area contributed by atoms with E-state index >= 15 is 0 Å². The molecule has 1 aromatic rings. The van der Waals surface area contributed by atoms with Crippen LogP contribution in [0.2, 0.25) is 0 Å². The van der Waals surface area contributed by atoms with Gasteiger partial charge in [-0.2, -0.15) is 0 Å². The normalized spacial score (nSPS) is 19.0. The molecule has 0 spiro atoms. The largest absolute Gasteiger partial charge is 0.478 e. The highest BCUT2D eigenvalue weighted by Crippen LogP contribution is 2.23. The zero-order chi connectivity index (χ0) is 15.6. The van der Waals surface area contributed by atoms with E-state index in [9.17, 15) is 14.4 Å². The van der Waals surface area contributed by atoms with E-state index < -0.39 is 12.0 Å². The Balaban J connectivity index is 2.29. The number of nitrogens with zero attached hydrogens (tertiary/aromatic N) is 1. The number of aryl methyl sites for hydroxylation is 1. The Hall–Kier alpha value is -2.63. The second-order valence-corrected chi connectivity index (χ2v) is 4.93. The van der Waals surface area contributed by atoms with Crippen LogP contribution in [0, 0.1) is 6.92 Å². The summed E-state index contributed by atoms with van der Waals surface area (Å²) in [5.74, 6) is -1.66. The summed E-state index contributed by atoms with van der Waals surface area (Å²) in [4.78, 5) is 35.4. The Morgan fingerprint density at radius 1 is 1.43 bits per heavy atom. The van der Waals surface area contributed by atoms with Gasteiger partial charge in [-0.3, -0.25) is 14.9 Å². The number of anilines is 1. The van der Waals surface area contributed by atoms with Crippen molar-refractivity contribution in [1.82, 2.24) is 5.32 Å². The first kappa shape index (κ1) is 14.8. The summed E-state index contributed by atoms with van der Waals surface area (Å²) in [5, 5.41) is 10.9. The van der Waals surface area contributed by atoms with Crippen LogP contribution in [0.25, 0.3) is 6.08 Å². The van der Waals surface area contributed by atoms with Crippen molar-refractivity contribution in [3.63, 3.8) is 0 Å². The van der Waals surface area contributed by atoms with E-state index in [4.69, 9.17) is 5.11 Å². The highest BCUT2D eigenvalue weighted by molar-refractivity contribution is 6.04. The molecule has 1 aliphatic heterocycles. The zero-order valence-corrected chi connectivity index (χ0v) is 11.8. The van der Waals surface area contributed by atoms with Crippen LogP contribution in [-0.4, -0.2) is 35.5 Å². The number of carbonyl (C=O) groups excluding carboxylic acids is 2. The van der Waals surface area contributed by atoms with Gasteiger partial charge in [-0.1, -0.05) is 6.07 Å². The summed E-state index contributed by atoms with van der Waals surface area (Å²) < 4.78 is 0. The minimum atomic E-state index is -1.01. The van der Waals surface area contributed by atoms with Gasteiger partial charge in [0.15, 0.2) is 0 Å². The molecule has 6 heteroatoms. The number of hydrogen-bond donors (Lipinski definition) is 2. The monoisotopic (exact) mass is 288 g/mol. The van der Waals surface area contributed by atoms with Crippen molar-refractivity contribution in [1.29, 1.82) is 0 Å². The predicted molar refractivity (Wildman–Crippen MR) is 77.8 cm³/mol. The number of carbonyl (C=O) groups is 3. The molecule has 2 amide bonds. The van der Waals surface area contributed by atoms with Crippen LogP contribution in [0.5, 0.6) is 0 Å². The average molecular weight is 288 g/mol. The number of imide groups is 1. The lowest BCUT2D eigenvalue weighted by Crippen LogP contribution is -2.57. The van der Waals surface area contributed by atoms with Crippen LogP contribution >= 0.6 is 0 Å². The summed E-state index contributed by atoms with van der Waals surface area (Å²) in [6.45, 7) is 3.70. The number of rotatable bonds is 3. The number of benzene rings is 1. The van der Waals surface area contributed by atoms with E-state index in [2.05, 4.69) is 5.32 Å². The molecule has 1 fully saturated rings. The van der Waals surface area contributed by atoms with E-state index in [1.54, 1.807) is 24.0 Å². The summed E-state index contributed by atoms with van der Waals surface area (Å²) in [7, 11) is 0. The Morgan fingerprint density at radius 3 is 2.76 bits per heavy atom. The third-order valence-corrected chi connectivity index (χ3v) is 3.41. The van der Waals surface area contributed by atoms with Gasteiger partial charge in [0.25, 0.3) is 0 Å². The Morgan fingerprint density at radius 2 is 2.14 bits per heavy atom. The van der Waals surface area contributed by atoms with Gasteiger partial charge in [-0.25, -0.2) is 4.79 Å². The van der Waals surface area contributed by atoms with Crippen LogP contribution in [0.4, 0.5) is 5.69 Å². The molecule has 0 bridgehead atoms. The van der Waals surface area contributed by atoms with Crippen molar-refractivity contribution in [3.05, 3.63) is 35.4 Å². The summed E-state index contributed by atoms with van der Waals surface area (Å²) >= 11 is 0. The van der Waals surface area contributed by atoms with E-state index in [0.717, 1.165) is 22.9 Å². The SMILES string of the molecule is Cc1cc(N2CC(=O)NC(=O)C2C)ccc1C=CC(=O)O. The Kier molecular flexibility index (Phi) is 4.07. The third-order valence-electron chi connectivity index (χ3n) is 3.41. The molecule has 1 aromatic carbocycles. The highest BCUT2D eigenvalue weighted by atomic mass is 16.4. The van der Waals surface area contributed by atoms with Crippen molar-refractivity contribution in [2.24, 2.45) is 0 Å². The second-order valence-electron chi connectivity index (χ2n) is 4.93. The van der Waals surface area contributed by atoms with Crippen molar-refractivity contribution in [2.75, 3.05) is 11.4 Å². The molecule has 2 N–H and O–H groups in total. The number of nitrogens with one attached hydrogen (secondary N) is 1. The van der Waals surface area contributed by atoms with E-state index in [-0.39, 0.29) is 18.4 Å². The first-order chi connectivity index (χ1) is 9.88. The quantitative estimate of drug-likeness (QED) is 0.638. The van der Waals surface area contributed by atoms with Gasteiger partial charge in [0, 0.05) is 11.8 Å². The number of carboxylic acids is 1. The Labute approximate surface area is 122 Å². The molecule has 0 saturated carbocycles. The number of aliphatic carboxylic acids is 1. The van der Waals surface area contributed by atoms with E-state index in [0.29, 0.717) is 0 Å². The molecule has 1 unspecified atom stereocenters. The molecule has 0 aliphatic carbocycles. The summed E-state index contributed by atoms with van der Waals surface area (Å²) in [5.41, 5.74) is 2.41. The van der Waals surface area contributed by atoms with Crippen molar-refractivity contribution in [3.8, 4) is 0 Å².